The SMILES string of the molecule is NC(c1noc(C2CCCCS2)n1)C1CC1. The monoisotopic (exact) mass is 239 g/mol. The molecule has 0 amide bonds. The Morgan fingerprint density at radius 2 is 2.19 bits per heavy atom. The van der Waals surface area contributed by atoms with Crippen LogP contribution < -0.4 is 5.73 Å². The minimum absolute atomic E-state index is 0.00825. The average molecular weight is 239 g/mol. The van der Waals surface area contributed by atoms with Crippen LogP contribution in [0.25, 0.3) is 0 Å². The Hall–Kier alpha value is -0.550. The van der Waals surface area contributed by atoms with E-state index in [0.717, 1.165) is 12.3 Å². The highest BCUT2D eigenvalue weighted by atomic mass is 32.2. The standard InChI is InChI=1S/C11H17N3OS/c12-9(7-4-5-7)10-13-11(15-14-10)8-3-1-2-6-16-8/h7-9H,1-6,12H2. The molecule has 1 aliphatic carbocycles. The van der Waals surface area contributed by atoms with E-state index in [1.165, 1.54) is 31.4 Å². The van der Waals surface area contributed by atoms with Crippen molar-refractivity contribution in [3.05, 3.63) is 11.7 Å². The summed E-state index contributed by atoms with van der Waals surface area (Å²) in [6, 6.07) is -0.00825. The van der Waals surface area contributed by atoms with Crippen LogP contribution >= 0.6 is 11.8 Å². The average Bonchev–Trinajstić information content (AvgIpc) is 3.07. The summed E-state index contributed by atoms with van der Waals surface area (Å²) in [7, 11) is 0. The molecular weight excluding hydrogens is 222 g/mol. The van der Waals surface area contributed by atoms with Gasteiger partial charge in [0.2, 0.25) is 5.89 Å². The number of nitrogens with two attached hydrogens (primary N) is 1. The smallest absolute Gasteiger partial charge is 0.239 e. The van der Waals surface area contributed by atoms with E-state index in [1.54, 1.807) is 0 Å². The first-order valence-electron chi connectivity index (χ1n) is 6.05. The van der Waals surface area contributed by atoms with Gasteiger partial charge in [0, 0.05) is 0 Å². The third-order valence-electron chi connectivity index (χ3n) is 3.34. The van der Waals surface area contributed by atoms with E-state index in [4.69, 9.17) is 10.3 Å². The van der Waals surface area contributed by atoms with Crippen molar-refractivity contribution in [2.75, 3.05) is 5.75 Å². The predicted molar refractivity (Wildman–Crippen MR) is 63.0 cm³/mol. The van der Waals surface area contributed by atoms with Crippen molar-refractivity contribution in [1.29, 1.82) is 0 Å². The van der Waals surface area contributed by atoms with Gasteiger partial charge in [0.05, 0.1) is 11.3 Å². The van der Waals surface area contributed by atoms with Gasteiger partial charge in [0.15, 0.2) is 5.82 Å². The summed E-state index contributed by atoms with van der Waals surface area (Å²) < 4.78 is 5.34. The van der Waals surface area contributed by atoms with E-state index in [2.05, 4.69) is 10.1 Å². The number of rotatable bonds is 3. The molecule has 4 nitrogen and oxygen atoms in total. The van der Waals surface area contributed by atoms with Crippen molar-refractivity contribution in [1.82, 2.24) is 10.1 Å². The Kier molecular flexibility index (Phi) is 2.90. The number of hydrogen-bond donors (Lipinski definition) is 1. The van der Waals surface area contributed by atoms with Crippen molar-refractivity contribution in [2.45, 2.75) is 43.4 Å². The van der Waals surface area contributed by atoms with Gasteiger partial charge in [-0.05, 0) is 37.4 Å². The zero-order chi connectivity index (χ0) is 11.0. The predicted octanol–water partition coefficient (Wildman–Crippen LogP) is 2.44. The summed E-state index contributed by atoms with van der Waals surface area (Å²) in [5.41, 5.74) is 6.05. The second kappa shape index (κ2) is 4.37. The Labute approximate surface area is 99.4 Å². The quantitative estimate of drug-likeness (QED) is 0.877. The Balaban J connectivity index is 1.70. The molecule has 2 fully saturated rings. The van der Waals surface area contributed by atoms with E-state index in [0.29, 0.717) is 17.0 Å². The van der Waals surface area contributed by atoms with Crippen LogP contribution in [0.2, 0.25) is 0 Å². The molecule has 1 saturated carbocycles. The largest absolute Gasteiger partial charge is 0.338 e. The first-order chi connectivity index (χ1) is 7.84. The van der Waals surface area contributed by atoms with E-state index in [-0.39, 0.29) is 6.04 Å². The van der Waals surface area contributed by atoms with Crippen LogP contribution in [0, 0.1) is 5.92 Å². The van der Waals surface area contributed by atoms with Crippen molar-refractivity contribution >= 4 is 11.8 Å². The van der Waals surface area contributed by atoms with Gasteiger partial charge < -0.3 is 10.3 Å². The van der Waals surface area contributed by atoms with Crippen molar-refractivity contribution in [3.8, 4) is 0 Å². The fourth-order valence-electron chi connectivity index (χ4n) is 2.12. The van der Waals surface area contributed by atoms with Crippen molar-refractivity contribution < 1.29 is 4.52 Å². The van der Waals surface area contributed by atoms with E-state index < -0.39 is 0 Å². The lowest BCUT2D eigenvalue weighted by Crippen LogP contribution is -2.14. The molecule has 0 radical (unpaired) electrons. The first kappa shape index (κ1) is 10.6. The van der Waals surface area contributed by atoms with Crippen molar-refractivity contribution in [2.24, 2.45) is 11.7 Å². The van der Waals surface area contributed by atoms with Gasteiger partial charge in [-0.2, -0.15) is 4.98 Å². The maximum Gasteiger partial charge on any atom is 0.239 e. The van der Waals surface area contributed by atoms with Gasteiger partial charge >= 0.3 is 0 Å². The maximum atomic E-state index is 6.05. The van der Waals surface area contributed by atoms with Gasteiger partial charge in [-0.1, -0.05) is 11.6 Å². The first-order valence-corrected chi connectivity index (χ1v) is 7.10. The molecule has 1 saturated heterocycles. The van der Waals surface area contributed by atoms with Crippen LogP contribution in [-0.2, 0) is 0 Å². The molecule has 2 unspecified atom stereocenters. The number of hydrogen-bond acceptors (Lipinski definition) is 5. The molecule has 88 valence electrons. The molecule has 3 rings (SSSR count). The minimum atomic E-state index is -0.00825. The molecule has 1 aromatic rings. The van der Waals surface area contributed by atoms with E-state index >= 15 is 0 Å². The van der Waals surface area contributed by atoms with Crippen molar-refractivity contribution in [3.63, 3.8) is 0 Å². The number of thioether (sulfide) groups is 1. The molecule has 1 aromatic heterocycles. The third-order valence-corrected chi connectivity index (χ3v) is 4.70. The number of aromatic nitrogens is 2. The normalized spacial score (nSPS) is 27.9. The Morgan fingerprint density at radius 1 is 1.31 bits per heavy atom. The lowest BCUT2D eigenvalue weighted by molar-refractivity contribution is 0.360. The van der Waals surface area contributed by atoms with E-state index in [9.17, 15) is 0 Å². The van der Waals surface area contributed by atoms with Gasteiger partial charge in [0.1, 0.15) is 0 Å². The van der Waals surface area contributed by atoms with Crippen LogP contribution in [0.15, 0.2) is 4.52 Å². The molecule has 2 N–H and O–H groups in total. The fraction of sp³-hybridized carbons (Fsp3) is 0.818. The zero-order valence-corrected chi connectivity index (χ0v) is 10.1. The molecule has 1 aliphatic heterocycles. The molecule has 0 aromatic carbocycles. The summed E-state index contributed by atoms with van der Waals surface area (Å²) >= 11 is 1.93. The summed E-state index contributed by atoms with van der Waals surface area (Å²) in [4.78, 5) is 4.47. The summed E-state index contributed by atoms with van der Waals surface area (Å²) in [6.45, 7) is 0. The summed E-state index contributed by atoms with van der Waals surface area (Å²) in [5, 5.41) is 4.43. The highest BCUT2D eigenvalue weighted by molar-refractivity contribution is 7.99. The topological polar surface area (TPSA) is 64.9 Å². The molecule has 5 heteroatoms. The highest BCUT2D eigenvalue weighted by Crippen LogP contribution is 2.40. The summed E-state index contributed by atoms with van der Waals surface area (Å²) in [5.74, 6) is 3.29. The molecule has 16 heavy (non-hydrogen) atoms. The molecule has 2 atom stereocenters. The third kappa shape index (κ3) is 2.11. The highest BCUT2D eigenvalue weighted by Gasteiger charge is 2.33. The van der Waals surface area contributed by atoms with Crippen LogP contribution in [0.5, 0.6) is 0 Å². The second-order valence-electron chi connectivity index (χ2n) is 4.71. The number of nitrogens with zero attached hydrogens (tertiary/aromatic N) is 2. The maximum absolute atomic E-state index is 6.05. The van der Waals surface area contributed by atoms with Gasteiger partial charge in [-0.25, -0.2) is 0 Å². The van der Waals surface area contributed by atoms with Gasteiger partial charge in [0.25, 0.3) is 0 Å². The van der Waals surface area contributed by atoms with Crippen LogP contribution in [0.4, 0.5) is 0 Å². The van der Waals surface area contributed by atoms with Crippen LogP contribution in [0.3, 0.4) is 0 Å². The Bertz CT molecular complexity index is 358. The molecule has 0 spiro atoms. The lowest BCUT2D eigenvalue weighted by Gasteiger charge is -2.16. The van der Waals surface area contributed by atoms with Gasteiger partial charge in [-0.3, -0.25) is 0 Å². The summed E-state index contributed by atoms with van der Waals surface area (Å²) in [6.07, 6.45) is 6.16. The molecular formula is C11H17N3OS. The zero-order valence-electron chi connectivity index (χ0n) is 9.26. The Morgan fingerprint density at radius 3 is 2.88 bits per heavy atom. The van der Waals surface area contributed by atoms with Gasteiger partial charge in [-0.15, -0.1) is 11.8 Å². The fourth-order valence-corrected chi connectivity index (χ4v) is 3.34. The minimum Gasteiger partial charge on any atom is -0.338 e. The molecule has 2 heterocycles. The lowest BCUT2D eigenvalue weighted by atomic mass is 10.2. The van der Waals surface area contributed by atoms with Crippen LogP contribution in [0.1, 0.15) is 55.1 Å². The van der Waals surface area contributed by atoms with Crippen LogP contribution in [-0.4, -0.2) is 15.9 Å². The molecule has 0 bridgehead atoms. The second-order valence-corrected chi connectivity index (χ2v) is 6.02. The van der Waals surface area contributed by atoms with E-state index in [1.807, 2.05) is 11.8 Å². The molecule has 2 aliphatic rings.